The highest BCUT2D eigenvalue weighted by molar-refractivity contribution is 8.00. The van der Waals surface area contributed by atoms with Gasteiger partial charge >= 0.3 is 0 Å². The largest absolute Gasteiger partial charge is 0.324 e. The third-order valence-corrected chi connectivity index (χ3v) is 9.13. The molecule has 3 N–H and O–H groups in total. The predicted octanol–water partition coefficient (Wildman–Crippen LogP) is 7.30. The van der Waals surface area contributed by atoms with Crippen LogP contribution in [0.25, 0.3) is 6.08 Å². The predicted molar refractivity (Wildman–Crippen MR) is 192 cm³/mol. The highest BCUT2D eigenvalue weighted by Gasteiger charge is 2.32. The fourth-order valence-electron chi connectivity index (χ4n) is 5.40. The highest BCUT2D eigenvalue weighted by atomic mass is 32.2. The summed E-state index contributed by atoms with van der Waals surface area (Å²) in [5.74, 6) is -1.81. The van der Waals surface area contributed by atoms with E-state index in [1.165, 1.54) is 11.8 Å². The van der Waals surface area contributed by atoms with Crippen molar-refractivity contribution < 1.29 is 24.0 Å². The molecule has 5 aromatic rings. The molecule has 0 spiro atoms. The Balaban J connectivity index is 1.13. The number of nitrogens with one attached hydrogen (secondary N) is 3. The van der Waals surface area contributed by atoms with Crippen molar-refractivity contribution in [2.24, 2.45) is 0 Å². The third kappa shape index (κ3) is 7.27. The van der Waals surface area contributed by atoms with Crippen LogP contribution in [-0.4, -0.2) is 34.5 Å². The number of hydrogen-bond acceptors (Lipinski definition) is 6. The van der Waals surface area contributed by atoms with Crippen LogP contribution in [0.15, 0.2) is 132 Å². The summed E-state index contributed by atoms with van der Waals surface area (Å²) < 4.78 is 0. The van der Waals surface area contributed by atoms with E-state index >= 15 is 0 Å². The molecule has 0 fully saturated rings. The second kappa shape index (κ2) is 14.4. The molecule has 9 heteroatoms. The summed E-state index contributed by atoms with van der Waals surface area (Å²) in [5, 5.41) is 7.88. The zero-order valence-corrected chi connectivity index (χ0v) is 27.5. The van der Waals surface area contributed by atoms with Gasteiger partial charge in [0.25, 0.3) is 11.8 Å². The van der Waals surface area contributed by atoms with Gasteiger partial charge < -0.3 is 16.0 Å². The number of rotatable bonds is 9. The molecule has 0 saturated heterocycles. The lowest BCUT2D eigenvalue weighted by Crippen LogP contribution is -2.30. The maximum absolute atomic E-state index is 13.4. The fraction of sp³-hybridized carbons (Fsp3) is 0.0750. The summed E-state index contributed by atoms with van der Waals surface area (Å²) in [7, 11) is 0. The number of ketones is 2. The number of benzene rings is 5. The van der Waals surface area contributed by atoms with Gasteiger partial charge in [0.2, 0.25) is 5.91 Å². The van der Waals surface area contributed by atoms with E-state index in [1.54, 1.807) is 104 Å². The van der Waals surface area contributed by atoms with Crippen LogP contribution in [0.1, 0.15) is 60.3 Å². The Morgan fingerprint density at radius 3 is 2.02 bits per heavy atom. The minimum Gasteiger partial charge on any atom is -0.324 e. The van der Waals surface area contributed by atoms with Crippen molar-refractivity contribution in [1.82, 2.24) is 5.32 Å². The lowest BCUT2D eigenvalue weighted by atomic mass is 9.83. The monoisotopic (exact) mass is 665 g/mol. The first-order valence-electron chi connectivity index (χ1n) is 15.5. The zero-order valence-electron chi connectivity index (χ0n) is 26.7. The van der Waals surface area contributed by atoms with Gasteiger partial charge in [0, 0.05) is 32.8 Å². The van der Waals surface area contributed by atoms with Gasteiger partial charge in [-0.15, -0.1) is 11.8 Å². The number of carbonyl (C=O) groups is 5. The molecule has 1 atom stereocenters. The molecule has 0 bridgehead atoms. The summed E-state index contributed by atoms with van der Waals surface area (Å²) in [5.41, 5.74) is 4.13. The average molecular weight is 666 g/mol. The normalized spacial score (nSPS) is 12.7. The molecule has 6 rings (SSSR count). The van der Waals surface area contributed by atoms with Gasteiger partial charge in [-0.1, -0.05) is 78.9 Å². The van der Waals surface area contributed by atoms with Crippen LogP contribution >= 0.6 is 11.8 Å². The number of carbonyl (C=O) groups excluding carboxylic acids is 5. The van der Waals surface area contributed by atoms with Crippen LogP contribution < -0.4 is 16.0 Å². The first-order chi connectivity index (χ1) is 23.7. The van der Waals surface area contributed by atoms with Crippen LogP contribution in [0.4, 0.5) is 11.4 Å². The van der Waals surface area contributed by atoms with Crippen LogP contribution in [0.2, 0.25) is 0 Å². The van der Waals surface area contributed by atoms with Crippen molar-refractivity contribution in [1.29, 1.82) is 0 Å². The maximum atomic E-state index is 13.4. The quantitative estimate of drug-likeness (QED) is 0.110. The van der Waals surface area contributed by atoms with Gasteiger partial charge in [-0.3, -0.25) is 24.0 Å². The molecule has 0 saturated carbocycles. The maximum Gasteiger partial charge on any atom is 0.272 e. The van der Waals surface area contributed by atoms with Crippen molar-refractivity contribution in [3.8, 4) is 0 Å². The van der Waals surface area contributed by atoms with Gasteiger partial charge in [0.05, 0.1) is 16.5 Å². The van der Waals surface area contributed by atoms with E-state index in [0.29, 0.717) is 22.4 Å². The second-order valence-corrected chi connectivity index (χ2v) is 12.8. The molecule has 0 heterocycles. The van der Waals surface area contributed by atoms with E-state index in [2.05, 4.69) is 16.0 Å². The number of anilines is 2. The average Bonchev–Trinajstić information content (AvgIpc) is 3.12. The Labute approximate surface area is 287 Å². The second-order valence-electron chi connectivity index (χ2n) is 11.4. The summed E-state index contributed by atoms with van der Waals surface area (Å²) in [4.78, 5) is 66.8. The molecule has 1 aliphatic carbocycles. The van der Waals surface area contributed by atoms with Crippen molar-refractivity contribution in [2.45, 2.75) is 24.0 Å². The first kappa shape index (κ1) is 32.9. The van der Waals surface area contributed by atoms with Crippen molar-refractivity contribution >= 4 is 58.5 Å². The lowest BCUT2D eigenvalue weighted by molar-refractivity contribution is -0.115. The first-order valence-corrected chi connectivity index (χ1v) is 16.4. The Hall–Kier alpha value is -6.06. The van der Waals surface area contributed by atoms with Crippen molar-refractivity contribution in [2.75, 3.05) is 10.6 Å². The molecule has 5 aromatic carbocycles. The van der Waals surface area contributed by atoms with Gasteiger partial charge in [-0.25, -0.2) is 0 Å². The molecule has 0 aliphatic heterocycles. The highest BCUT2D eigenvalue weighted by Crippen LogP contribution is 2.33. The standard InChI is InChI=1S/C40H31N3O5S/c1-24-11-6-7-14-27(24)23-34(43-39(47)26-12-4-3-5-13-26)40(48)41-28-19-21-29(22-20-28)49-25(2)38(46)42-33-18-10-17-32-35(33)37(45)31-16-9-8-15-30(31)36(32)44/h3-23,25H,1-2H3,(H,41,48)(H,42,46)(H,43,47)/b34-23-. The zero-order chi connectivity index (χ0) is 34.5. The molecule has 1 aliphatic rings. The number of fused-ring (bicyclic) bond motifs is 2. The molecular weight excluding hydrogens is 635 g/mol. The summed E-state index contributed by atoms with van der Waals surface area (Å²) in [6.45, 7) is 3.66. The number of amides is 3. The van der Waals surface area contributed by atoms with Crippen molar-refractivity contribution in [3.05, 3.63) is 166 Å². The summed E-state index contributed by atoms with van der Waals surface area (Å²) >= 11 is 1.30. The van der Waals surface area contributed by atoms with Gasteiger partial charge in [-0.05, 0) is 73.5 Å². The molecule has 3 amide bonds. The van der Waals surface area contributed by atoms with E-state index in [1.807, 2.05) is 37.3 Å². The molecule has 0 radical (unpaired) electrons. The lowest BCUT2D eigenvalue weighted by Gasteiger charge is -2.21. The van der Waals surface area contributed by atoms with Crippen LogP contribution in [0.3, 0.4) is 0 Å². The minimum atomic E-state index is -0.560. The molecule has 1 unspecified atom stereocenters. The topological polar surface area (TPSA) is 121 Å². The molecule has 8 nitrogen and oxygen atoms in total. The third-order valence-electron chi connectivity index (χ3n) is 8.02. The van der Waals surface area contributed by atoms with Crippen LogP contribution in [0, 0.1) is 6.92 Å². The van der Waals surface area contributed by atoms with Gasteiger partial charge in [0.1, 0.15) is 5.70 Å². The molecule has 242 valence electrons. The number of thioether (sulfide) groups is 1. The number of hydrogen-bond donors (Lipinski definition) is 3. The minimum absolute atomic E-state index is 0.0821. The number of aryl methyl sites for hydroxylation is 1. The fourth-order valence-corrected chi connectivity index (χ4v) is 6.27. The Morgan fingerprint density at radius 1 is 0.673 bits per heavy atom. The SMILES string of the molecule is Cc1ccccc1/C=C(\NC(=O)c1ccccc1)C(=O)Nc1ccc(SC(C)C(=O)Nc2cccc3c2C(=O)c2ccccc2C3=O)cc1. The molecule has 49 heavy (non-hydrogen) atoms. The van der Waals surface area contributed by atoms with E-state index in [9.17, 15) is 24.0 Å². The Morgan fingerprint density at radius 2 is 1.31 bits per heavy atom. The Kier molecular flexibility index (Phi) is 9.64. The summed E-state index contributed by atoms with van der Waals surface area (Å²) in [6.07, 6.45) is 1.64. The summed E-state index contributed by atoms with van der Waals surface area (Å²) in [6, 6.07) is 34.7. The molecular formula is C40H31N3O5S. The van der Waals surface area contributed by atoms with Crippen molar-refractivity contribution in [3.63, 3.8) is 0 Å². The van der Waals surface area contributed by atoms with E-state index in [-0.39, 0.29) is 40.0 Å². The smallest absolute Gasteiger partial charge is 0.272 e. The van der Waals surface area contributed by atoms with Gasteiger partial charge in [-0.2, -0.15) is 0 Å². The Bertz CT molecular complexity index is 2140. The van der Waals surface area contributed by atoms with Gasteiger partial charge in [0.15, 0.2) is 11.6 Å². The van der Waals surface area contributed by atoms with E-state index in [4.69, 9.17) is 0 Å². The van der Waals surface area contributed by atoms with Crippen LogP contribution in [-0.2, 0) is 9.59 Å². The molecule has 0 aromatic heterocycles. The van der Waals surface area contributed by atoms with E-state index in [0.717, 1.165) is 16.0 Å². The van der Waals surface area contributed by atoms with Crippen LogP contribution in [0.5, 0.6) is 0 Å². The van der Waals surface area contributed by atoms with E-state index < -0.39 is 17.1 Å².